The summed E-state index contributed by atoms with van der Waals surface area (Å²) in [5.41, 5.74) is 6.47. The molecule has 2 aliphatic rings. The van der Waals surface area contributed by atoms with Crippen molar-refractivity contribution in [2.45, 2.75) is 25.3 Å². The Balaban J connectivity index is 1.77. The van der Waals surface area contributed by atoms with Crippen molar-refractivity contribution in [1.82, 2.24) is 5.32 Å². The van der Waals surface area contributed by atoms with Crippen LogP contribution >= 0.6 is 0 Å². The van der Waals surface area contributed by atoms with E-state index in [0.29, 0.717) is 13.2 Å². The number of rotatable bonds is 3. The molecule has 1 aromatic carbocycles. The van der Waals surface area contributed by atoms with E-state index in [-0.39, 0.29) is 17.4 Å². The molecule has 1 atom stereocenters. The molecule has 4 nitrogen and oxygen atoms in total. The van der Waals surface area contributed by atoms with Crippen LogP contribution in [-0.2, 0) is 4.79 Å². The number of nitrogens with two attached hydrogens (primary N) is 1. The van der Waals surface area contributed by atoms with Gasteiger partial charge in [-0.1, -0.05) is 18.2 Å². The second-order valence-electron chi connectivity index (χ2n) is 5.19. The summed E-state index contributed by atoms with van der Waals surface area (Å²) in [7, 11) is 0. The van der Waals surface area contributed by atoms with Crippen molar-refractivity contribution in [2.75, 3.05) is 13.2 Å². The highest BCUT2D eigenvalue weighted by molar-refractivity contribution is 5.86. The number of benzene rings is 1. The summed E-state index contributed by atoms with van der Waals surface area (Å²) in [6, 6.07) is 7.95. The lowest BCUT2D eigenvalue weighted by Crippen LogP contribution is -2.40. The Morgan fingerprint density at radius 3 is 2.94 bits per heavy atom. The van der Waals surface area contributed by atoms with Gasteiger partial charge in [-0.2, -0.15) is 0 Å². The van der Waals surface area contributed by atoms with Crippen LogP contribution in [-0.4, -0.2) is 19.1 Å². The number of hydrogen-bond donors (Lipinski definition) is 2. The quantitative estimate of drug-likeness (QED) is 0.846. The first-order chi connectivity index (χ1) is 8.75. The van der Waals surface area contributed by atoms with Crippen LogP contribution in [0.1, 0.15) is 30.9 Å². The van der Waals surface area contributed by atoms with Gasteiger partial charge >= 0.3 is 0 Å². The van der Waals surface area contributed by atoms with Gasteiger partial charge in [-0.3, -0.25) is 4.79 Å². The van der Waals surface area contributed by atoms with Crippen LogP contribution in [0, 0.1) is 5.41 Å². The molecular weight excluding hydrogens is 228 g/mol. The van der Waals surface area contributed by atoms with Crippen LogP contribution < -0.4 is 15.8 Å². The normalized spacial score (nSPS) is 23.7. The number of hydrogen-bond acceptors (Lipinski definition) is 3. The lowest BCUT2D eigenvalue weighted by atomic mass is 9.98. The summed E-state index contributed by atoms with van der Waals surface area (Å²) >= 11 is 0. The second-order valence-corrected chi connectivity index (χ2v) is 5.19. The number of carbonyl (C=O) groups is 1. The highest BCUT2D eigenvalue weighted by atomic mass is 16.5. The van der Waals surface area contributed by atoms with E-state index in [4.69, 9.17) is 10.5 Å². The predicted octanol–water partition coefficient (Wildman–Crippen LogP) is 1.37. The molecule has 3 N–H and O–H groups in total. The zero-order valence-electron chi connectivity index (χ0n) is 10.3. The van der Waals surface area contributed by atoms with Crippen molar-refractivity contribution in [3.8, 4) is 5.75 Å². The fourth-order valence-corrected chi connectivity index (χ4v) is 2.48. The maximum absolute atomic E-state index is 12.2. The predicted molar refractivity (Wildman–Crippen MR) is 68.2 cm³/mol. The number of amides is 1. The van der Waals surface area contributed by atoms with Crippen molar-refractivity contribution in [1.29, 1.82) is 0 Å². The molecule has 1 aromatic rings. The van der Waals surface area contributed by atoms with Crippen molar-refractivity contribution >= 4 is 5.91 Å². The molecule has 0 spiro atoms. The van der Waals surface area contributed by atoms with Crippen LogP contribution in [0.4, 0.5) is 0 Å². The van der Waals surface area contributed by atoms with Gasteiger partial charge in [0, 0.05) is 18.5 Å². The standard InChI is InChI=1S/C14H18N2O2/c15-9-14(6-7-14)13(17)16-11-5-8-18-12-4-2-1-3-10(11)12/h1-4,11H,5-9,15H2,(H,16,17). The molecule has 1 heterocycles. The Morgan fingerprint density at radius 2 is 2.22 bits per heavy atom. The zero-order chi connectivity index (χ0) is 12.6. The fraction of sp³-hybridized carbons (Fsp3) is 0.500. The third-order valence-corrected chi connectivity index (χ3v) is 3.99. The van der Waals surface area contributed by atoms with E-state index in [1.807, 2.05) is 24.3 Å². The first-order valence-electron chi connectivity index (χ1n) is 6.48. The number of ether oxygens (including phenoxy) is 1. The third-order valence-electron chi connectivity index (χ3n) is 3.99. The molecular formula is C14H18N2O2. The molecule has 0 aromatic heterocycles. The molecule has 1 saturated carbocycles. The molecule has 96 valence electrons. The van der Waals surface area contributed by atoms with Crippen molar-refractivity contribution < 1.29 is 9.53 Å². The Morgan fingerprint density at radius 1 is 1.44 bits per heavy atom. The van der Waals surface area contributed by atoms with Crippen LogP contribution in [0.3, 0.4) is 0 Å². The maximum atomic E-state index is 12.2. The topological polar surface area (TPSA) is 64.4 Å². The summed E-state index contributed by atoms with van der Waals surface area (Å²) in [5.74, 6) is 0.985. The molecule has 1 fully saturated rings. The lowest BCUT2D eigenvalue weighted by Gasteiger charge is -2.28. The van der Waals surface area contributed by atoms with Crippen LogP contribution in [0.5, 0.6) is 5.75 Å². The van der Waals surface area contributed by atoms with Crippen LogP contribution in [0.25, 0.3) is 0 Å². The van der Waals surface area contributed by atoms with E-state index >= 15 is 0 Å². The van der Waals surface area contributed by atoms with Crippen molar-refractivity contribution in [2.24, 2.45) is 11.1 Å². The summed E-state index contributed by atoms with van der Waals surface area (Å²) in [4.78, 5) is 12.2. The number of fused-ring (bicyclic) bond motifs is 1. The molecule has 1 amide bonds. The van der Waals surface area contributed by atoms with Gasteiger partial charge in [-0.05, 0) is 18.9 Å². The molecule has 18 heavy (non-hydrogen) atoms. The van der Waals surface area contributed by atoms with Crippen molar-refractivity contribution in [3.05, 3.63) is 29.8 Å². The molecule has 1 unspecified atom stereocenters. The van der Waals surface area contributed by atoms with Gasteiger partial charge in [-0.15, -0.1) is 0 Å². The highest BCUT2D eigenvalue weighted by Gasteiger charge is 2.49. The zero-order valence-corrected chi connectivity index (χ0v) is 10.3. The minimum atomic E-state index is -0.284. The summed E-state index contributed by atoms with van der Waals surface area (Å²) in [5, 5.41) is 3.13. The Labute approximate surface area is 107 Å². The third kappa shape index (κ3) is 1.86. The molecule has 3 rings (SSSR count). The summed E-state index contributed by atoms with van der Waals surface area (Å²) in [6.07, 6.45) is 2.66. The summed E-state index contributed by atoms with van der Waals surface area (Å²) < 4.78 is 5.59. The molecule has 1 aliphatic heterocycles. The first-order valence-corrected chi connectivity index (χ1v) is 6.48. The average Bonchev–Trinajstić information content (AvgIpc) is 3.20. The van der Waals surface area contributed by atoms with Gasteiger partial charge in [0.1, 0.15) is 5.75 Å². The Bertz CT molecular complexity index is 469. The van der Waals surface area contributed by atoms with Gasteiger partial charge < -0.3 is 15.8 Å². The number of para-hydroxylation sites is 1. The number of carbonyl (C=O) groups excluding carboxylic acids is 1. The van der Waals surface area contributed by atoms with Crippen LogP contribution in [0.2, 0.25) is 0 Å². The summed E-state index contributed by atoms with van der Waals surface area (Å²) in [6.45, 7) is 1.10. The van der Waals surface area contributed by atoms with Gasteiger partial charge in [0.25, 0.3) is 0 Å². The largest absolute Gasteiger partial charge is 0.493 e. The van der Waals surface area contributed by atoms with E-state index in [1.165, 1.54) is 0 Å². The molecule has 0 bridgehead atoms. The van der Waals surface area contributed by atoms with E-state index in [2.05, 4.69) is 5.32 Å². The van der Waals surface area contributed by atoms with Gasteiger partial charge in [0.05, 0.1) is 18.1 Å². The smallest absolute Gasteiger partial charge is 0.227 e. The van der Waals surface area contributed by atoms with E-state index in [9.17, 15) is 4.79 Å². The monoisotopic (exact) mass is 246 g/mol. The van der Waals surface area contributed by atoms with E-state index < -0.39 is 0 Å². The lowest BCUT2D eigenvalue weighted by molar-refractivity contribution is -0.126. The molecule has 4 heteroatoms. The average molecular weight is 246 g/mol. The van der Waals surface area contributed by atoms with Gasteiger partial charge in [0.2, 0.25) is 5.91 Å². The Hall–Kier alpha value is -1.55. The van der Waals surface area contributed by atoms with E-state index in [0.717, 1.165) is 30.6 Å². The Kier molecular flexibility index (Phi) is 2.74. The van der Waals surface area contributed by atoms with Crippen LogP contribution in [0.15, 0.2) is 24.3 Å². The molecule has 1 aliphatic carbocycles. The molecule has 0 radical (unpaired) electrons. The van der Waals surface area contributed by atoms with Crippen molar-refractivity contribution in [3.63, 3.8) is 0 Å². The minimum absolute atomic E-state index is 0.0616. The second kappa shape index (κ2) is 4.28. The minimum Gasteiger partial charge on any atom is -0.493 e. The fourth-order valence-electron chi connectivity index (χ4n) is 2.48. The van der Waals surface area contributed by atoms with Gasteiger partial charge in [-0.25, -0.2) is 0 Å². The highest BCUT2D eigenvalue weighted by Crippen LogP contribution is 2.45. The SMILES string of the molecule is NCC1(C(=O)NC2CCOc3ccccc32)CC1. The first kappa shape index (κ1) is 11.5. The van der Waals surface area contributed by atoms with E-state index in [1.54, 1.807) is 0 Å². The maximum Gasteiger partial charge on any atom is 0.227 e. The number of nitrogens with one attached hydrogen (secondary N) is 1. The molecule has 0 saturated heterocycles. The van der Waals surface area contributed by atoms with Gasteiger partial charge in [0.15, 0.2) is 0 Å².